The van der Waals surface area contributed by atoms with E-state index in [0.29, 0.717) is 5.41 Å². The van der Waals surface area contributed by atoms with Crippen molar-refractivity contribution in [2.24, 2.45) is 17.3 Å². The van der Waals surface area contributed by atoms with Crippen LogP contribution in [0.1, 0.15) is 26.7 Å². The Balaban J connectivity index is 2.13. The molecule has 3 aliphatic carbocycles. The van der Waals surface area contributed by atoms with Crippen molar-refractivity contribution in [1.29, 1.82) is 0 Å². The summed E-state index contributed by atoms with van der Waals surface area (Å²) in [6.07, 6.45) is 5.08. The van der Waals surface area contributed by atoms with E-state index in [9.17, 15) is 0 Å². The van der Waals surface area contributed by atoms with Crippen molar-refractivity contribution in [3.63, 3.8) is 0 Å². The number of hydrogen-bond donors (Lipinski definition) is 0. The lowest BCUT2D eigenvalue weighted by Gasteiger charge is -2.56. The molecule has 1 unspecified atom stereocenters. The Morgan fingerprint density at radius 3 is 2.83 bits per heavy atom. The summed E-state index contributed by atoms with van der Waals surface area (Å²) in [7, 11) is 1.79. The number of rotatable bonds is 2. The topological polar surface area (TPSA) is 9.23 Å². The Bertz CT molecular complexity index is 215. The zero-order chi connectivity index (χ0) is 8.77. The second-order valence-electron chi connectivity index (χ2n) is 4.75. The summed E-state index contributed by atoms with van der Waals surface area (Å²) in [5.41, 5.74) is 2.10. The van der Waals surface area contributed by atoms with Gasteiger partial charge in [0.2, 0.25) is 0 Å². The molecule has 3 rings (SSSR count). The zero-order valence-electron chi connectivity index (χ0n) is 8.26. The molecule has 0 amide bonds. The quantitative estimate of drug-likeness (QED) is 0.573. The Hall–Kier alpha value is -0.300. The van der Waals surface area contributed by atoms with Gasteiger partial charge in [0.15, 0.2) is 0 Å². The van der Waals surface area contributed by atoms with Gasteiger partial charge >= 0.3 is 0 Å². The van der Waals surface area contributed by atoms with Crippen molar-refractivity contribution in [2.75, 3.05) is 13.7 Å². The molecule has 2 atom stereocenters. The van der Waals surface area contributed by atoms with Gasteiger partial charge in [-0.25, -0.2) is 0 Å². The highest BCUT2D eigenvalue weighted by molar-refractivity contribution is 5.23. The van der Waals surface area contributed by atoms with E-state index < -0.39 is 0 Å². The van der Waals surface area contributed by atoms with Gasteiger partial charge in [0.05, 0.1) is 6.61 Å². The van der Waals surface area contributed by atoms with Crippen LogP contribution in [-0.4, -0.2) is 13.7 Å². The first-order valence-corrected chi connectivity index (χ1v) is 4.84. The molecule has 68 valence electrons. The van der Waals surface area contributed by atoms with Crippen LogP contribution >= 0.6 is 0 Å². The predicted octanol–water partition coefficient (Wildman–Crippen LogP) is 2.63. The third kappa shape index (κ3) is 0.957. The molecule has 2 bridgehead atoms. The lowest BCUT2D eigenvalue weighted by Crippen LogP contribution is -2.48. The maximum Gasteiger partial charge on any atom is 0.0675 e. The van der Waals surface area contributed by atoms with Gasteiger partial charge in [-0.15, -0.1) is 0 Å². The predicted molar refractivity (Wildman–Crippen MR) is 50.0 cm³/mol. The lowest BCUT2D eigenvalue weighted by atomic mass is 9.49. The minimum atomic E-state index is 0.558. The molecule has 1 fully saturated rings. The minimum Gasteiger partial charge on any atom is -0.380 e. The second kappa shape index (κ2) is 2.59. The van der Waals surface area contributed by atoms with Crippen LogP contribution in [0.5, 0.6) is 0 Å². The molecule has 1 nitrogen and oxygen atoms in total. The number of allylic oxidation sites excluding steroid dienone is 1. The third-order valence-electron chi connectivity index (χ3n) is 3.89. The van der Waals surface area contributed by atoms with Crippen LogP contribution in [0.3, 0.4) is 0 Å². The lowest BCUT2D eigenvalue weighted by molar-refractivity contribution is -0.0147. The monoisotopic (exact) mass is 166 g/mol. The molecule has 0 heterocycles. The standard InChI is InChI=1S/C11H18O/c1-11(2)9-5-4-8(7-12-3)10(11)6-9/h4,9-10H,5-7H2,1-3H3/t9?,10-/m1/s1. The van der Waals surface area contributed by atoms with Crippen molar-refractivity contribution in [3.8, 4) is 0 Å². The van der Waals surface area contributed by atoms with Gasteiger partial charge in [-0.3, -0.25) is 0 Å². The second-order valence-corrected chi connectivity index (χ2v) is 4.75. The first-order valence-electron chi connectivity index (χ1n) is 4.84. The molecule has 0 N–H and O–H groups in total. The first-order chi connectivity index (χ1) is 5.66. The molecule has 0 radical (unpaired) electrons. The van der Waals surface area contributed by atoms with E-state index in [4.69, 9.17) is 4.74 Å². The number of hydrogen-bond acceptors (Lipinski definition) is 1. The van der Waals surface area contributed by atoms with E-state index in [1.807, 2.05) is 0 Å². The summed E-state index contributed by atoms with van der Waals surface area (Å²) in [6.45, 7) is 5.64. The fraction of sp³-hybridized carbons (Fsp3) is 0.818. The molecule has 1 saturated carbocycles. The Kier molecular flexibility index (Phi) is 1.80. The maximum atomic E-state index is 5.20. The Morgan fingerprint density at radius 1 is 1.58 bits per heavy atom. The Morgan fingerprint density at radius 2 is 2.33 bits per heavy atom. The van der Waals surface area contributed by atoms with Crippen LogP contribution in [0.15, 0.2) is 11.6 Å². The van der Waals surface area contributed by atoms with Crippen molar-refractivity contribution in [3.05, 3.63) is 11.6 Å². The van der Waals surface area contributed by atoms with Crippen LogP contribution < -0.4 is 0 Å². The van der Waals surface area contributed by atoms with Crippen LogP contribution in [-0.2, 0) is 4.74 Å². The van der Waals surface area contributed by atoms with Crippen LogP contribution in [0, 0.1) is 17.3 Å². The summed E-state index contributed by atoms with van der Waals surface area (Å²) in [5.74, 6) is 1.76. The van der Waals surface area contributed by atoms with Gasteiger partial charge in [0.25, 0.3) is 0 Å². The van der Waals surface area contributed by atoms with Gasteiger partial charge < -0.3 is 4.74 Å². The first kappa shape index (κ1) is 8.31. The van der Waals surface area contributed by atoms with Gasteiger partial charge in [0.1, 0.15) is 0 Å². The highest BCUT2D eigenvalue weighted by Gasteiger charge is 2.50. The summed E-state index contributed by atoms with van der Waals surface area (Å²) in [6, 6.07) is 0. The Labute approximate surface area is 74.8 Å². The SMILES string of the molecule is COCC1=CCC2C[C@H]1C2(C)C. The fourth-order valence-electron chi connectivity index (χ4n) is 2.81. The third-order valence-corrected chi connectivity index (χ3v) is 3.89. The van der Waals surface area contributed by atoms with Crippen molar-refractivity contribution >= 4 is 0 Å². The maximum absolute atomic E-state index is 5.20. The van der Waals surface area contributed by atoms with Crippen LogP contribution in [0.2, 0.25) is 0 Å². The fourth-order valence-corrected chi connectivity index (χ4v) is 2.81. The zero-order valence-corrected chi connectivity index (χ0v) is 8.26. The molecule has 0 saturated heterocycles. The van der Waals surface area contributed by atoms with E-state index in [0.717, 1.165) is 18.4 Å². The van der Waals surface area contributed by atoms with Gasteiger partial charge in [-0.2, -0.15) is 0 Å². The van der Waals surface area contributed by atoms with E-state index in [1.165, 1.54) is 12.8 Å². The normalized spacial score (nSPS) is 37.1. The highest BCUT2D eigenvalue weighted by Crippen LogP contribution is 2.59. The smallest absolute Gasteiger partial charge is 0.0675 e. The van der Waals surface area contributed by atoms with Crippen molar-refractivity contribution in [2.45, 2.75) is 26.7 Å². The minimum absolute atomic E-state index is 0.558. The number of methoxy groups -OCH3 is 1. The van der Waals surface area contributed by atoms with E-state index in [2.05, 4.69) is 19.9 Å². The summed E-state index contributed by atoms with van der Waals surface area (Å²) in [4.78, 5) is 0. The summed E-state index contributed by atoms with van der Waals surface area (Å²) in [5, 5.41) is 0. The van der Waals surface area contributed by atoms with Gasteiger partial charge in [-0.05, 0) is 35.7 Å². The average molecular weight is 166 g/mol. The average Bonchev–Trinajstić information content (AvgIpc) is 2.05. The van der Waals surface area contributed by atoms with E-state index in [-0.39, 0.29) is 0 Å². The number of ether oxygens (including phenoxy) is 1. The highest BCUT2D eigenvalue weighted by atomic mass is 16.5. The molecule has 3 aliphatic rings. The van der Waals surface area contributed by atoms with E-state index >= 15 is 0 Å². The molecule has 0 aromatic heterocycles. The van der Waals surface area contributed by atoms with Gasteiger partial charge in [0, 0.05) is 7.11 Å². The van der Waals surface area contributed by atoms with E-state index in [1.54, 1.807) is 12.7 Å². The van der Waals surface area contributed by atoms with Crippen molar-refractivity contribution < 1.29 is 4.74 Å². The summed E-state index contributed by atoms with van der Waals surface area (Å²) < 4.78 is 5.20. The van der Waals surface area contributed by atoms with Gasteiger partial charge in [-0.1, -0.05) is 19.9 Å². The molecular weight excluding hydrogens is 148 g/mol. The largest absolute Gasteiger partial charge is 0.380 e. The molecular formula is C11H18O. The molecule has 0 aromatic carbocycles. The van der Waals surface area contributed by atoms with Crippen molar-refractivity contribution in [1.82, 2.24) is 0 Å². The molecule has 12 heavy (non-hydrogen) atoms. The molecule has 0 spiro atoms. The van der Waals surface area contributed by atoms with Crippen LogP contribution in [0.25, 0.3) is 0 Å². The molecule has 0 aliphatic heterocycles. The number of fused-ring (bicyclic) bond motifs is 1. The summed E-state index contributed by atoms with van der Waals surface area (Å²) >= 11 is 0. The molecule has 0 aromatic rings. The van der Waals surface area contributed by atoms with Crippen LogP contribution in [0.4, 0.5) is 0 Å². The molecule has 1 heteroatoms.